The van der Waals surface area contributed by atoms with Crippen LogP contribution in [-0.2, 0) is 7.05 Å². The molecule has 0 aliphatic heterocycles. The van der Waals surface area contributed by atoms with Gasteiger partial charge < -0.3 is 9.88 Å². The van der Waals surface area contributed by atoms with Gasteiger partial charge in [-0.15, -0.1) is 0 Å². The van der Waals surface area contributed by atoms with Crippen molar-refractivity contribution in [3.8, 4) is 0 Å². The Morgan fingerprint density at radius 1 is 1.26 bits per heavy atom. The van der Waals surface area contributed by atoms with Crippen molar-refractivity contribution in [2.45, 2.75) is 52.1 Å². The van der Waals surface area contributed by atoms with E-state index in [4.69, 9.17) is 4.98 Å². The smallest absolute Gasteiger partial charge is 0.126 e. The Hall–Kier alpha value is -1.35. The zero-order chi connectivity index (χ0) is 13.8. The van der Waals surface area contributed by atoms with E-state index in [1.54, 1.807) is 0 Å². The fourth-order valence-electron chi connectivity index (χ4n) is 2.65. The third-order valence-electron chi connectivity index (χ3n) is 3.73. The maximum absolute atomic E-state index is 4.75. The zero-order valence-electron chi connectivity index (χ0n) is 12.5. The molecule has 2 atom stereocenters. The Balaban J connectivity index is 2.12. The number of nitrogens with zero attached hydrogens (tertiary/aromatic N) is 2. The molecule has 0 radical (unpaired) electrons. The summed E-state index contributed by atoms with van der Waals surface area (Å²) in [6, 6.07) is 9.13. The highest BCUT2D eigenvalue weighted by Crippen LogP contribution is 2.19. The van der Waals surface area contributed by atoms with Crippen molar-refractivity contribution in [2.24, 2.45) is 7.05 Å². The van der Waals surface area contributed by atoms with Crippen LogP contribution in [-0.4, -0.2) is 15.6 Å². The highest BCUT2D eigenvalue weighted by atomic mass is 15.1. The molecule has 2 aromatic rings. The van der Waals surface area contributed by atoms with Crippen molar-refractivity contribution in [1.29, 1.82) is 0 Å². The first-order chi connectivity index (χ1) is 9.13. The first-order valence-corrected chi connectivity index (χ1v) is 7.31. The first-order valence-electron chi connectivity index (χ1n) is 7.31. The summed E-state index contributed by atoms with van der Waals surface area (Å²) in [6.07, 6.45) is 3.76. The average molecular weight is 259 g/mol. The standard InChI is InChI=1S/C16H25N3/c1-5-6-9-12(2)17-13(3)16-18-14-10-7-8-11-15(14)19(16)4/h7-8,10-13,17H,5-6,9H2,1-4H3. The summed E-state index contributed by atoms with van der Waals surface area (Å²) in [5.41, 5.74) is 2.28. The van der Waals surface area contributed by atoms with Crippen molar-refractivity contribution in [1.82, 2.24) is 14.9 Å². The zero-order valence-corrected chi connectivity index (χ0v) is 12.5. The van der Waals surface area contributed by atoms with Gasteiger partial charge in [-0.3, -0.25) is 0 Å². The molecule has 0 saturated carbocycles. The summed E-state index contributed by atoms with van der Waals surface area (Å²) in [5.74, 6) is 1.12. The summed E-state index contributed by atoms with van der Waals surface area (Å²) in [7, 11) is 2.10. The molecule has 1 aromatic carbocycles. The van der Waals surface area contributed by atoms with Gasteiger partial charge in [0, 0.05) is 13.1 Å². The van der Waals surface area contributed by atoms with Gasteiger partial charge in [-0.1, -0.05) is 31.9 Å². The van der Waals surface area contributed by atoms with Crippen LogP contribution in [0.4, 0.5) is 0 Å². The molecule has 0 amide bonds. The van der Waals surface area contributed by atoms with E-state index in [0.717, 1.165) is 11.3 Å². The molecule has 1 aromatic heterocycles. The molecule has 0 spiro atoms. The molecule has 0 aliphatic rings. The summed E-state index contributed by atoms with van der Waals surface area (Å²) in [6.45, 7) is 6.69. The molecule has 1 heterocycles. The summed E-state index contributed by atoms with van der Waals surface area (Å²) in [4.78, 5) is 4.75. The van der Waals surface area contributed by atoms with Gasteiger partial charge in [0.25, 0.3) is 0 Å². The Morgan fingerprint density at radius 2 is 2.00 bits per heavy atom. The molecular weight excluding hydrogens is 234 g/mol. The fourth-order valence-corrected chi connectivity index (χ4v) is 2.65. The quantitative estimate of drug-likeness (QED) is 0.855. The number of nitrogens with one attached hydrogen (secondary N) is 1. The molecule has 2 unspecified atom stereocenters. The fraction of sp³-hybridized carbons (Fsp3) is 0.562. The van der Waals surface area contributed by atoms with E-state index < -0.39 is 0 Å². The number of aromatic nitrogens is 2. The number of fused-ring (bicyclic) bond motifs is 1. The minimum absolute atomic E-state index is 0.282. The van der Waals surface area contributed by atoms with Crippen LogP contribution in [0, 0.1) is 0 Å². The maximum atomic E-state index is 4.75. The van der Waals surface area contributed by atoms with Gasteiger partial charge >= 0.3 is 0 Å². The predicted octanol–water partition coefficient (Wildman–Crippen LogP) is 3.80. The number of rotatable bonds is 6. The van der Waals surface area contributed by atoms with E-state index in [2.05, 4.69) is 55.9 Å². The van der Waals surface area contributed by atoms with Crippen LogP contribution >= 0.6 is 0 Å². The third-order valence-corrected chi connectivity index (χ3v) is 3.73. The molecule has 19 heavy (non-hydrogen) atoms. The van der Waals surface area contributed by atoms with Crippen LogP contribution in [0.15, 0.2) is 24.3 Å². The summed E-state index contributed by atoms with van der Waals surface area (Å²) in [5, 5.41) is 3.65. The first kappa shape index (κ1) is 14.1. The molecule has 2 rings (SSSR count). The number of benzene rings is 1. The van der Waals surface area contributed by atoms with E-state index >= 15 is 0 Å². The lowest BCUT2D eigenvalue weighted by atomic mass is 10.1. The van der Waals surface area contributed by atoms with Crippen LogP contribution < -0.4 is 5.32 Å². The maximum Gasteiger partial charge on any atom is 0.126 e. The second kappa shape index (κ2) is 6.20. The van der Waals surface area contributed by atoms with Gasteiger partial charge in [-0.25, -0.2) is 4.98 Å². The second-order valence-corrected chi connectivity index (χ2v) is 5.45. The SMILES string of the molecule is CCCCC(C)NC(C)c1nc2ccccc2n1C. The number of hydrogen-bond acceptors (Lipinski definition) is 2. The molecule has 0 aliphatic carbocycles. The highest BCUT2D eigenvalue weighted by Gasteiger charge is 2.15. The topological polar surface area (TPSA) is 29.9 Å². The third kappa shape index (κ3) is 3.16. The van der Waals surface area contributed by atoms with Gasteiger partial charge in [-0.05, 0) is 32.4 Å². The van der Waals surface area contributed by atoms with Crippen LogP contribution in [0.5, 0.6) is 0 Å². The van der Waals surface area contributed by atoms with Crippen molar-refractivity contribution >= 4 is 11.0 Å². The lowest BCUT2D eigenvalue weighted by Crippen LogP contribution is -2.30. The highest BCUT2D eigenvalue weighted by molar-refractivity contribution is 5.75. The Bertz CT molecular complexity index is 530. The normalized spacial score (nSPS) is 14.7. The van der Waals surface area contributed by atoms with E-state index in [-0.39, 0.29) is 6.04 Å². The van der Waals surface area contributed by atoms with Crippen molar-refractivity contribution in [2.75, 3.05) is 0 Å². The largest absolute Gasteiger partial charge is 0.330 e. The summed E-state index contributed by atoms with van der Waals surface area (Å²) < 4.78 is 2.19. The average Bonchev–Trinajstić information content (AvgIpc) is 2.74. The molecular formula is C16H25N3. The van der Waals surface area contributed by atoms with Crippen molar-refractivity contribution < 1.29 is 0 Å². The van der Waals surface area contributed by atoms with Crippen molar-refractivity contribution in [3.05, 3.63) is 30.1 Å². The number of imidazole rings is 1. The van der Waals surface area contributed by atoms with Crippen molar-refractivity contribution in [3.63, 3.8) is 0 Å². The predicted molar refractivity (Wildman–Crippen MR) is 81.3 cm³/mol. The molecule has 3 heteroatoms. The number of unbranched alkanes of at least 4 members (excludes halogenated alkanes) is 1. The Kier molecular flexibility index (Phi) is 4.59. The van der Waals surface area contributed by atoms with E-state index in [1.165, 1.54) is 24.8 Å². The van der Waals surface area contributed by atoms with Crippen LogP contribution in [0.25, 0.3) is 11.0 Å². The van der Waals surface area contributed by atoms with E-state index in [9.17, 15) is 0 Å². The molecule has 104 valence electrons. The van der Waals surface area contributed by atoms with Gasteiger partial charge in [0.15, 0.2) is 0 Å². The van der Waals surface area contributed by atoms with Crippen LogP contribution in [0.1, 0.15) is 51.9 Å². The Morgan fingerprint density at radius 3 is 2.68 bits per heavy atom. The number of para-hydroxylation sites is 2. The van der Waals surface area contributed by atoms with Crippen LogP contribution in [0.3, 0.4) is 0 Å². The lowest BCUT2D eigenvalue weighted by molar-refractivity contribution is 0.428. The molecule has 1 N–H and O–H groups in total. The molecule has 3 nitrogen and oxygen atoms in total. The molecule has 0 fully saturated rings. The second-order valence-electron chi connectivity index (χ2n) is 5.45. The number of aryl methyl sites for hydroxylation is 1. The number of hydrogen-bond donors (Lipinski definition) is 1. The Labute approximate surface area is 116 Å². The summed E-state index contributed by atoms with van der Waals surface area (Å²) >= 11 is 0. The van der Waals surface area contributed by atoms with E-state index in [0.29, 0.717) is 6.04 Å². The van der Waals surface area contributed by atoms with Gasteiger partial charge in [-0.2, -0.15) is 0 Å². The van der Waals surface area contributed by atoms with Gasteiger partial charge in [0.05, 0.1) is 17.1 Å². The molecule has 0 saturated heterocycles. The minimum Gasteiger partial charge on any atom is -0.330 e. The monoisotopic (exact) mass is 259 g/mol. The minimum atomic E-state index is 0.282. The van der Waals surface area contributed by atoms with E-state index in [1.807, 2.05) is 6.07 Å². The molecule has 0 bridgehead atoms. The van der Waals surface area contributed by atoms with Crippen LogP contribution in [0.2, 0.25) is 0 Å². The van der Waals surface area contributed by atoms with Gasteiger partial charge in [0.2, 0.25) is 0 Å². The van der Waals surface area contributed by atoms with Gasteiger partial charge in [0.1, 0.15) is 5.82 Å². The lowest BCUT2D eigenvalue weighted by Gasteiger charge is -2.19.